The van der Waals surface area contributed by atoms with Gasteiger partial charge in [-0.3, -0.25) is 0 Å². The minimum absolute atomic E-state index is 0.0385. The van der Waals surface area contributed by atoms with Crippen LogP contribution in [0.4, 0.5) is 0 Å². The Labute approximate surface area is 126 Å². The molecule has 1 aromatic carbocycles. The van der Waals surface area contributed by atoms with Gasteiger partial charge in [0.05, 0.1) is 16.0 Å². The largest absolute Gasteiger partial charge is 0.243 e. The minimum Gasteiger partial charge on any atom is -0.207 e. The molecule has 0 saturated carbocycles. The number of hydrogen-bond acceptors (Lipinski definition) is 3. The third-order valence-corrected chi connectivity index (χ3v) is 6.27. The van der Waals surface area contributed by atoms with Crippen molar-refractivity contribution in [2.75, 3.05) is 13.1 Å². The average molecular weight is 364 g/mol. The standard InChI is InChI=1S/C12H12BrClN2O2S/c13-11-7-10(1-2-12(11)14)19(17,18)16-5-3-9(8-15)4-6-16/h1-2,7,9H,3-6H2. The zero-order valence-electron chi connectivity index (χ0n) is 10.0. The molecule has 4 nitrogen and oxygen atoms in total. The number of sulfonamides is 1. The van der Waals surface area contributed by atoms with Gasteiger partial charge in [-0.25, -0.2) is 8.42 Å². The van der Waals surface area contributed by atoms with E-state index in [0.29, 0.717) is 35.4 Å². The molecule has 19 heavy (non-hydrogen) atoms. The predicted molar refractivity (Wildman–Crippen MR) is 76.2 cm³/mol. The molecule has 1 aliphatic heterocycles. The first-order valence-electron chi connectivity index (χ1n) is 5.80. The maximum atomic E-state index is 12.4. The highest BCUT2D eigenvalue weighted by molar-refractivity contribution is 9.10. The first-order chi connectivity index (χ1) is 8.95. The molecule has 1 aliphatic rings. The van der Waals surface area contributed by atoms with Crippen LogP contribution in [0.2, 0.25) is 5.02 Å². The molecule has 0 bridgehead atoms. The summed E-state index contributed by atoms with van der Waals surface area (Å²) < 4.78 is 26.8. The molecule has 0 atom stereocenters. The molecule has 0 aliphatic carbocycles. The Morgan fingerprint density at radius 3 is 2.53 bits per heavy atom. The second kappa shape index (κ2) is 5.80. The van der Waals surface area contributed by atoms with E-state index < -0.39 is 10.0 Å². The molecule has 1 heterocycles. The van der Waals surface area contributed by atoms with Crippen molar-refractivity contribution in [1.29, 1.82) is 5.26 Å². The van der Waals surface area contributed by atoms with Crippen LogP contribution in [0.3, 0.4) is 0 Å². The summed E-state index contributed by atoms with van der Waals surface area (Å²) in [4.78, 5) is 0.221. The first-order valence-corrected chi connectivity index (χ1v) is 8.41. The van der Waals surface area contributed by atoms with Gasteiger partial charge in [-0.2, -0.15) is 9.57 Å². The van der Waals surface area contributed by atoms with E-state index in [1.165, 1.54) is 16.4 Å². The summed E-state index contributed by atoms with van der Waals surface area (Å²) in [6.45, 7) is 0.779. The third kappa shape index (κ3) is 3.11. The molecule has 0 N–H and O–H groups in total. The molecule has 7 heteroatoms. The van der Waals surface area contributed by atoms with Crippen molar-refractivity contribution in [1.82, 2.24) is 4.31 Å². The first kappa shape index (κ1) is 14.8. The van der Waals surface area contributed by atoms with Crippen LogP contribution in [-0.4, -0.2) is 25.8 Å². The van der Waals surface area contributed by atoms with Crippen LogP contribution >= 0.6 is 27.5 Å². The van der Waals surface area contributed by atoms with E-state index in [2.05, 4.69) is 22.0 Å². The Bertz CT molecular complexity index is 619. The number of nitriles is 1. The van der Waals surface area contributed by atoms with Crippen molar-refractivity contribution in [3.63, 3.8) is 0 Å². The van der Waals surface area contributed by atoms with Crippen LogP contribution in [0.25, 0.3) is 0 Å². The Hall–Kier alpha value is -0.610. The monoisotopic (exact) mass is 362 g/mol. The number of hydrogen-bond donors (Lipinski definition) is 0. The zero-order chi connectivity index (χ0) is 14.0. The molecule has 0 unspecified atom stereocenters. The van der Waals surface area contributed by atoms with Gasteiger partial charge in [-0.1, -0.05) is 11.6 Å². The molecule has 1 fully saturated rings. The highest BCUT2D eigenvalue weighted by Crippen LogP contribution is 2.28. The lowest BCUT2D eigenvalue weighted by atomic mass is 10.0. The van der Waals surface area contributed by atoms with Gasteiger partial charge in [0.15, 0.2) is 0 Å². The molecular weight excluding hydrogens is 352 g/mol. The summed E-state index contributed by atoms with van der Waals surface area (Å²) in [6, 6.07) is 6.75. The van der Waals surface area contributed by atoms with Gasteiger partial charge >= 0.3 is 0 Å². The zero-order valence-corrected chi connectivity index (χ0v) is 13.2. The fraction of sp³-hybridized carbons (Fsp3) is 0.417. The number of benzene rings is 1. The summed E-state index contributed by atoms with van der Waals surface area (Å²) in [5.41, 5.74) is 0. The van der Waals surface area contributed by atoms with E-state index in [1.54, 1.807) is 6.07 Å². The number of rotatable bonds is 2. The fourth-order valence-corrected chi connectivity index (χ4v) is 4.16. The number of halogens is 2. The van der Waals surface area contributed by atoms with Gasteiger partial charge < -0.3 is 0 Å². The summed E-state index contributed by atoms with van der Waals surface area (Å²) in [7, 11) is -3.50. The van der Waals surface area contributed by atoms with E-state index in [1.807, 2.05) is 0 Å². The molecule has 102 valence electrons. The van der Waals surface area contributed by atoms with Crippen LogP contribution in [0.15, 0.2) is 27.6 Å². The predicted octanol–water partition coefficient (Wildman–Crippen LogP) is 3.03. The van der Waals surface area contributed by atoms with Crippen molar-refractivity contribution >= 4 is 37.6 Å². The van der Waals surface area contributed by atoms with E-state index in [0.717, 1.165) is 0 Å². The minimum atomic E-state index is -3.50. The fourth-order valence-electron chi connectivity index (χ4n) is 2.01. The Morgan fingerprint density at radius 1 is 1.37 bits per heavy atom. The van der Waals surface area contributed by atoms with Crippen molar-refractivity contribution in [3.8, 4) is 6.07 Å². The highest BCUT2D eigenvalue weighted by atomic mass is 79.9. The quantitative estimate of drug-likeness (QED) is 0.811. The van der Waals surface area contributed by atoms with Crippen molar-refractivity contribution < 1.29 is 8.42 Å². The summed E-state index contributed by atoms with van der Waals surface area (Å²) in [5.74, 6) is -0.0385. The van der Waals surface area contributed by atoms with E-state index in [9.17, 15) is 8.42 Å². The van der Waals surface area contributed by atoms with Crippen molar-refractivity contribution in [3.05, 3.63) is 27.7 Å². The second-order valence-electron chi connectivity index (χ2n) is 4.38. The Kier molecular flexibility index (Phi) is 4.51. The second-order valence-corrected chi connectivity index (χ2v) is 7.58. The van der Waals surface area contributed by atoms with E-state index in [-0.39, 0.29) is 10.8 Å². The lowest BCUT2D eigenvalue weighted by Crippen LogP contribution is -2.38. The molecule has 1 saturated heterocycles. The van der Waals surface area contributed by atoms with Gasteiger partial charge in [0, 0.05) is 23.5 Å². The SMILES string of the molecule is N#CC1CCN(S(=O)(=O)c2ccc(Cl)c(Br)c2)CC1. The average Bonchev–Trinajstić information content (AvgIpc) is 2.41. The Balaban J connectivity index is 2.23. The Morgan fingerprint density at radius 2 is 2.00 bits per heavy atom. The van der Waals surface area contributed by atoms with Crippen molar-refractivity contribution in [2.24, 2.45) is 5.92 Å². The maximum absolute atomic E-state index is 12.4. The lowest BCUT2D eigenvalue weighted by Gasteiger charge is -2.28. The van der Waals surface area contributed by atoms with Gasteiger partial charge in [0.25, 0.3) is 0 Å². The van der Waals surface area contributed by atoms with Gasteiger partial charge in [0.1, 0.15) is 0 Å². The highest BCUT2D eigenvalue weighted by Gasteiger charge is 2.29. The van der Waals surface area contributed by atoms with Gasteiger partial charge in [-0.05, 0) is 47.0 Å². The maximum Gasteiger partial charge on any atom is 0.243 e. The molecule has 1 aromatic rings. The van der Waals surface area contributed by atoms with Crippen LogP contribution in [0.1, 0.15) is 12.8 Å². The van der Waals surface area contributed by atoms with Crippen LogP contribution in [0, 0.1) is 17.2 Å². The normalized spacial score (nSPS) is 18.2. The lowest BCUT2D eigenvalue weighted by molar-refractivity contribution is 0.310. The van der Waals surface area contributed by atoms with Crippen LogP contribution in [-0.2, 0) is 10.0 Å². The van der Waals surface area contributed by atoms with Crippen LogP contribution in [0.5, 0.6) is 0 Å². The molecule has 0 radical (unpaired) electrons. The molecule has 0 spiro atoms. The van der Waals surface area contributed by atoms with Crippen molar-refractivity contribution in [2.45, 2.75) is 17.7 Å². The van der Waals surface area contributed by atoms with E-state index in [4.69, 9.17) is 16.9 Å². The molecule has 0 amide bonds. The molecule has 0 aromatic heterocycles. The van der Waals surface area contributed by atoms with Gasteiger partial charge in [0.2, 0.25) is 10.0 Å². The third-order valence-electron chi connectivity index (χ3n) is 3.17. The number of piperidine rings is 1. The molecule has 2 rings (SSSR count). The van der Waals surface area contributed by atoms with E-state index >= 15 is 0 Å². The topological polar surface area (TPSA) is 61.2 Å². The smallest absolute Gasteiger partial charge is 0.207 e. The van der Waals surface area contributed by atoms with Gasteiger partial charge in [-0.15, -0.1) is 0 Å². The summed E-state index contributed by atoms with van der Waals surface area (Å²) in [6.07, 6.45) is 1.18. The van der Waals surface area contributed by atoms with Crippen LogP contribution < -0.4 is 0 Å². The summed E-state index contributed by atoms with van der Waals surface area (Å²) >= 11 is 9.09. The number of nitrogens with zero attached hydrogens (tertiary/aromatic N) is 2. The summed E-state index contributed by atoms with van der Waals surface area (Å²) in [5, 5.41) is 9.30. The molecular formula is C12H12BrClN2O2S.